The maximum absolute atomic E-state index is 13.5. The number of allylic oxidation sites excluding steroid dienone is 2. The Morgan fingerprint density at radius 3 is 2.47 bits per heavy atom. The van der Waals surface area contributed by atoms with Crippen LogP contribution in [-0.4, -0.2) is 27.8 Å². The molecule has 2 aromatic heterocycles. The number of carbonyl (C=O) groups excluding carboxylic acids is 1. The number of aromatic nitrogens is 3. The van der Waals surface area contributed by atoms with Gasteiger partial charge in [0, 0.05) is 54.6 Å². The Morgan fingerprint density at radius 2 is 1.69 bits per heavy atom. The van der Waals surface area contributed by atoms with Crippen molar-refractivity contribution in [3.8, 4) is 0 Å². The summed E-state index contributed by atoms with van der Waals surface area (Å²) in [5, 5.41) is 3.49. The number of Topliss-reactive ketones (excluding diaryl/α,β-unsaturated/α-hetero) is 1. The summed E-state index contributed by atoms with van der Waals surface area (Å²) < 4.78 is 0. The van der Waals surface area contributed by atoms with Gasteiger partial charge >= 0.3 is 0 Å². The number of hydrogen-bond donors (Lipinski definition) is 1. The average molecular weight is 426 g/mol. The van der Waals surface area contributed by atoms with Crippen LogP contribution in [0.1, 0.15) is 44.7 Å². The zero-order valence-corrected chi connectivity index (χ0v) is 18.9. The van der Waals surface area contributed by atoms with Gasteiger partial charge < -0.3 is 10.2 Å². The second kappa shape index (κ2) is 7.26. The van der Waals surface area contributed by atoms with E-state index in [0.717, 1.165) is 40.3 Å². The Labute approximate surface area is 188 Å². The van der Waals surface area contributed by atoms with Gasteiger partial charge in [0.15, 0.2) is 5.78 Å². The molecule has 1 aromatic carbocycles. The minimum atomic E-state index is -0.605. The molecule has 3 aromatic rings. The van der Waals surface area contributed by atoms with E-state index in [1.54, 1.807) is 24.7 Å². The summed E-state index contributed by atoms with van der Waals surface area (Å²) in [7, 11) is 1.95. The van der Waals surface area contributed by atoms with Gasteiger partial charge in [-0.15, -0.1) is 0 Å². The number of hydrogen-bond acceptors (Lipinski definition) is 6. The molecular weight excluding hydrogens is 398 g/mol. The van der Waals surface area contributed by atoms with Gasteiger partial charge in [0.2, 0.25) is 5.95 Å². The Balaban J connectivity index is 1.69. The molecule has 1 N–H and O–H groups in total. The van der Waals surface area contributed by atoms with Crippen LogP contribution in [0.5, 0.6) is 0 Å². The van der Waals surface area contributed by atoms with Crippen LogP contribution >= 0.6 is 0 Å². The summed E-state index contributed by atoms with van der Waals surface area (Å²) in [6, 6.07) is 14.1. The third-order valence-electron chi connectivity index (χ3n) is 6.65. The van der Waals surface area contributed by atoms with Gasteiger partial charge in [0.05, 0.1) is 5.41 Å². The lowest BCUT2D eigenvalue weighted by molar-refractivity contribution is -0.118. The monoisotopic (exact) mass is 425 g/mol. The van der Waals surface area contributed by atoms with E-state index in [0.29, 0.717) is 12.4 Å². The topological polar surface area (TPSA) is 71.0 Å². The lowest BCUT2D eigenvalue weighted by atomic mass is 9.62. The molecule has 0 unspecified atom stereocenters. The highest BCUT2D eigenvalue weighted by atomic mass is 16.1. The quantitative estimate of drug-likeness (QED) is 0.636. The van der Waals surface area contributed by atoms with Crippen LogP contribution in [0, 0.1) is 5.41 Å². The molecule has 0 fully saturated rings. The minimum absolute atomic E-state index is 0.0805. The zero-order chi connectivity index (χ0) is 22.5. The number of pyridine rings is 1. The number of nitrogens with zero attached hydrogens (tertiary/aromatic N) is 4. The van der Waals surface area contributed by atoms with Crippen LogP contribution in [-0.2, 0) is 10.2 Å². The van der Waals surface area contributed by atoms with Crippen molar-refractivity contribution in [1.82, 2.24) is 15.0 Å². The third-order valence-corrected chi connectivity index (χ3v) is 6.65. The first-order valence-corrected chi connectivity index (χ1v) is 10.9. The molecule has 5 rings (SSSR count). The molecule has 0 amide bonds. The maximum atomic E-state index is 13.5. The van der Waals surface area contributed by atoms with Crippen LogP contribution in [0.25, 0.3) is 0 Å². The van der Waals surface area contributed by atoms with Crippen molar-refractivity contribution in [2.75, 3.05) is 17.3 Å². The minimum Gasteiger partial charge on any atom is -0.343 e. The van der Waals surface area contributed by atoms with Gasteiger partial charge in [0.25, 0.3) is 0 Å². The summed E-state index contributed by atoms with van der Waals surface area (Å²) in [6.07, 6.45) is 6.62. The van der Waals surface area contributed by atoms with E-state index in [4.69, 9.17) is 0 Å². The lowest BCUT2D eigenvalue weighted by Crippen LogP contribution is -2.42. The summed E-state index contributed by atoms with van der Waals surface area (Å²) in [4.78, 5) is 28.9. The fourth-order valence-corrected chi connectivity index (χ4v) is 5.10. The fourth-order valence-electron chi connectivity index (χ4n) is 5.10. The van der Waals surface area contributed by atoms with Crippen LogP contribution in [0.15, 0.2) is 72.3 Å². The van der Waals surface area contributed by atoms with Crippen molar-refractivity contribution in [3.63, 3.8) is 0 Å². The SMILES string of the molecule is CN(c1cccc([C@@]2(C)C3=C(CC(C)(C)CC3=O)Nc3ncccc32)c1)c1ncccn1. The van der Waals surface area contributed by atoms with E-state index >= 15 is 0 Å². The molecule has 1 aliphatic heterocycles. The number of fused-ring (bicyclic) bond motifs is 1. The first-order valence-electron chi connectivity index (χ1n) is 10.9. The van der Waals surface area contributed by atoms with Crippen LogP contribution < -0.4 is 10.2 Å². The molecule has 162 valence electrons. The Morgan fingerprint density at radius 1 is 0.938 bits per heavy atom. The van der Waals surface area contributed by atoms with Crippen LogP contribution in [0.4, 0.5) is 17.5 Å². The fraction of sp³-hybridized carbons (Fsp3) is 0.308. The Kier molecular flexibility index (Phi) is 4.62. The molecule has 0 saturated carbocycles. The smallest absolute Gasteiger partial charge is 0.229 e. The molecule has 0 radical (unpaired) electrons. The van der Waals surface area contributed by atoms with Gasteiger partial charge in [-0.25, -0.2) is 15.0 Å². The number of benzene rings is 1. The second-order valence-corrected chi connectivity index (χ2v) is 9.60. The summed E-state index contributed by atoms with van der Waals surface area (Å²) in [6.45, 7) is 6.45. The van der Waals surface area contributed by atoms with Crippen molar-refractivity contribution in [3.05, 3.63) is 83.5 Å². The van der Waals surface area contributed by atoms with Crippen molar-refractivity contribution in [1.29, 1.82) is 0 Å². The molecule has 1 atom stereocenters. The number of nitrogens with one attached hydrogen (secondary N) is 1. The van der Waals surface area contributed by atoms with E-state index < -0.39 is 5.41 Å². The summed E-state index contributed by atoms with van der Waals surface area (Å²) in [5.74, 6) is 1.65. The van der Waals surface area contributed by atoms with E-state index in [-0.39, 0.29) is 11.2 Å². The van der Waals surface area contributed by atoms with Gasteiger partial charge in [-0.2, -0.15) is 0 Å². The first-order chi connectivity index (χ1) is 15.3. The molecule has 0 bridgehead atoms. The van der Waals surface area contributed by atoms with Gasteiger partial charge in [-0.05, 0) is 48.6 Å². The lowest BCUT2D eigenvalue weighted by Gasteiger charge is -2.44. The van der Waals surface area contributed by atoms with Crippen molar-refractivity contribution in [2.45, 2.75) is 39.0 Å². The van der Waals surface area contributed by atoms with Gasteiger partial charge in [0.1, 0.15) is 5.82 Å². The van der Waals surface area contributed by atoms with Crippen molar-refractivity contribution in [2.24, 2.45) is 5.41 Å². The van der Waals surface area contributed by atoms with E-state index in [9.17, 15) is 4.79 Å². The molecular formula is C26H27N5O. The number of ketones is 1. The highest BCUT2D eigenvalue weighted by molar-refractivity contribution is 6.02. The average Bonchev–Trinajstić information content (AvgIpc) is 2.78. The van der Waals surface area contributed by atoms with Crippen LogP contribution in [0.3, 0.4) is 0 Å². The van der Waals surface area contributed by atoms with Crippen LogP contribution in [0.2, 0.25) is 0 Å². The zero-order valence-electron chi connectivity index (χ0n) is 18.9. The van der Waals surface area contributed by atoms with Gasteiger partial charge in [-0.1, -0.05) is 32.0 Å². The highest BCUT2D eigenvalue weighted by Crippen LogP contribution is 2.52. The maximum Gasteiger partial charge on any atom is 0.229 e. The number of rotatable bonds is 3. The number of carbonyl (C=O) groups is 1. The predicted molar refractivity (Wildman–Crippen MR) is 126 cm³/mol. The highest BCUT2D eigenvalue weighted by Gasteiger charge is 2.47. The molecule has 0 spiro atoms. The standard InChI is InChI=1S/C26H27N5O/c1-25(2)15-20-22(21(32)16-25)26(3,19-10-6-11-27-23(19)30-20)17-8-5-9-18(14-17)31(4)24-28-12-7-13-29-24/h5-14H,15-16H2,1-4H3,(H,27,30)/t26-/m1/s1. The molecule has 6 heteroatoms. The molecule has 2 aliphatic rings. The number of anilines is 3. The normalized spacial score (nSPS) is 21.4. The predicted octanol–water partition coefficient (Wildman–Crippen LogP) is 5.01. The van der Waals surface area contributed by atoms with E-state index in [1.165, 1.54) is 0 Å². The third kappa shape index (κ3) is 3.18. The molecule has 32 heavy (non-hydrogen) atoms. The second-order valence-electron chi connectivity index (χ2n) is 9.60. The summed E-state index contributed by atoms with van der Waals surface area (Å²) >= 11 is 0. The van der Waals surface area contributed by atoms with Gasteiger partial charge in [-0.3, -0.25) is 4.79 Å². The molecule has 3 heterocycles. The summed E-state index contributed by atoms with van der Waals surface area (Å²) in [5.41, 5.74) is 4.19. The van der Waals surface area contributed by atoms with E-state index in [1.807, 2.05) is 30.1 Å². The Bertz CT molecular complexity index is 1230. The first kappa shape index (κ1) is 20.4. The molecule has 1 aliphatic carbocycles. The van der Waals surface area contributed by atoms with E-state index in [2.05, 4.69) is 59.2 Å². The Hall–Kier alpha value is -3.54. The largest absolute Gasteiger partial charge is 0.343 e. The van der Waals surface area contributed by atoms with Crippen molar-refractivity contribution < 1.29 is 4.79 Å². The van der Waals surface area contributed by atoms with Crippen molar-refractivity contribution >= 4 is 23.2 Å². The molecule has 0 saturated heterocycles. The molecule has 6 nitrogen and oxygen atoms in total.